The third kappa shape index (κ3) is 3.74. The molecule has 23 heavy (non-hydrogen) atoms. The largest absolute Gasteiger partial charge is 0.360 e. The molecular formula is C17H22ClN3O2. The molecule has 0 radical (unpaired) electrons. The molecule has 1 saturated heterocycles. The molecule has 1 amide bonds. The van der Waals surface area contributed by atoms with Crippen molar-refractivity contribution >= 4 is 18.3 Å². The summed E-state index contributed by atoms with van der Waals surface area (Å²) in [6.45, 7) is 5.79. The lowest BCUT2D eigenvalue weighted by atomic mass is 9.94. The molecule has 1 aliphatic rings. The molecule has 5 nitrogen and oxygen atoms in total. The van der Waals surface area contributed by atoms with Gasteiger partial charge in [0, 0.05) is 11.6 Å². The molecule has 6 heteroatoms. The van der Waals surface area contributed by atoms with E-state index in [9.17, 15) is 4.79 Å². The van der Waals surface area contributed by atoms with Crippen LogP contribution in [0.4, 0.5) is 0 Å². The maximum atomic E-state index is 12.7. The number of carbonyl (C=O) groups excluding carboxylic acids is 1. The highest BCUT2D eigenvalue weighted by Crippen LogP contribution is 2.25. The maximum absolute atomic E-state index is 12.7. The number of piperidine rings is 1. The molecule has 1 aromatic carbocycles. The van der Waals surface area contributed by atoms with Gasteiger partial charge in [-0.05, 0) is 32.4 Å². The molecule has 1 fully saturated rings. The molecule has 2 heterocycles. The number of hydrogen-bond acceptors (Lipinski definition) is 4. The number of aryl methyl sites for hydroxylation is 1. The Labute approximate surface area is 142 Å². The first-order valence-electron chi connectivity index (χ1n) is 7.70. The van der Waals surface area contributed by atoms with Gasteiger partial charge >= 0.3 is 0 Å². The molecule has 0 bridgehead atoms. The molecule has 2 N–H and O–H groups in total. The Morgan fingerprint density at radius 3 is 2.78 bits per heavy atom. The van der Waals surface area contributed by atoms with Gasteiger partial charge < -0.3 is 15.2 Å². The monoisotopic (exact) mass is 335 g/mol. The van der Waals surface area contributed by atoms with Crippen LogP contribution < -0.4 is 10.6 Å². The average Bonchev–Trinajstić information content (AvgIpc) is 2.92. The van der Waals surface area contributed by atoms with Crippen molar-refractivity contribution in [3.8, 4) is 11.3 Å². The zero-order valence-corrected chi connectivity index (χ0v) is 14.2. The van der Waals surface area contributed by atoms with Gasteiger partial charge in [-0.25, -0.2) is 0 Å². The van der Waals surface area contributed by atoms with Crippen LogP contribution >= 0.6 is 12.4 Å². The van der Waals surface area contributed by atoms with Crippen LogP contribution in [0.15, 0.2) is 34.9 Å². The molecule has 0 saturated carbocycles. The molecule has 2 aromatic rings. The lowest BCUT2D eigenvalue weighted by Gasteiger charge is -2.30. The van der Waals surface area contributed by atoms with Gasteiger partial charge in [-0.3, -0.25) is 4.79 Å². The van der Waals surface area contributed by atoms with Crippen molar-refractivity contribution in [1.82, 2.24) is 15.8 Å². The summed E-state index contributed by atoms with van der Waals surface area (Å²) in [6.07, 6.45) is 0.942. The van der Waals surface area contributed by atoms with Crippen molar-refractivity contribution in [2.24, 2.45) is 5.92 Å². The number of halogens is 1. The van der Waals surface area contributed by atoms with E-state index in [4.69, 9.17) is 4.52 Å². The second kappa shape index (κ2) is 7.62. The predicted octanol–water partition coefficient (Wildman–Crippen LogP) is 2.80. The maximum Gasteiger partial charge on any atom is 0.257 e. The fourth-order valence-corrected chi connectivity index (χ4v) is 2.90. The number of hydrogen-bond donors (Lipinski definition) is 2. The average molecular weight is 336 g/mol. The normalized spacial score (nSPS) is 20.6. The van der Waals surface area contributed by atoms with Crippen molar-refractivity contribution in [2.45, 2.75) is 26.3 Å². The zero-order valence-electron chi connectivity index (χ0n) is 13.3. The van der Waals surface area contributed by atoms with Gasteiger partial charge in [-0.2, -0.15) is 0 Å². The van der Waals surface area contributed by atoms with Crippen LogP contribution in [0.3, 0.4) is 0 Å². The minimum Gasteiger partial charge on any atom is -0.360 e. The topological polar surface area (TPSA) is 67.2 Å². The van der Waals surface area contributed by atoms with E-state index in [0.717, 1.165) is 25.1 Å². The third-order valence-corrected chi connectivity index (χ3v) is 4.24. The van der Waals surface area contributed by atoms with Crippen LogP contribution in [0.2, 0.25) is 0 Å². The number of aromatic nitrogens is 1. The Kier molecular flexibility index (Phi) is 5.80. The Bertz CT molecular complexity index is 657. The lowest BCUT2D eigenvalue weighted by molar-refractivity contribution is 0.0913. The standard InChI is InChI=1S/C17H21N3O2.ClH/c1-11-10-18-9-8-14(11)19-17(21)15-12(2)22-20-16(15)13-6-4-3-5-7-13;/h3-7,11,14,18H,8-10H2,1-2H3,(H,19,21);1H. The van der Waals surface area contributed by atoms with Crippen molar-refractivity contribution in [2.75, 3.05) is 13.1 Å². The van der Waals surface area contributed by atoms with Gasteiger partial charge in [0.1, 0.15) is 17.0 Å². The van der Waals surface area contributed by atoms with Gasteiger partial charge in [0.25, 0.3) is 5.91 Å². The summed E-state index contributed by atoms with van der Waals surface area (Å²) in [6, 6.07) is 9.84. The van der Waals surface area contributed by atoms with E-state index in [1.165, 1.54) is 0 Å². The second-order valence-corrected chi connectivity index (χ2v) is 5.88. The number of amides is 1. The summed E-state index contributed by atoms with van der Waals surface area (Å²) in [5, 5.41) is 10.6. The van der Waals surface area contributed by atoms with Crippen molar-refractivity contribution in [1.29, 1.82) is 0 Å². The van der Waals surface area contributed by atoms with Crippen LogP contribution in [-0.4, -0.2) is 30.2 Å². The number of benzene rings is 1. The number of carbonyl (C=O) groups is 1. The zero-order chi connectivity index (χ0) is 15.5. The first-order chi connectivity index (χ1) is 10.7. The fraction of sp³-hybridized carbons (Fsp3) is 0.412. The molecule has 2 unspecified atom stereocenters. The van der Waals surface area contributed by atoms with E-state index in [2.05, 4.69) is 22.7 Å². The van der Waals surface area contributed by atoms with Gasteiger partial charge in [0.2, 0.25) is 0 Å². The van der Waals surface area contributed by atoms with E-state index in [1.54, 1.807) is 6.92 Å². The molecular weight excluding hydrogens is 314 g/mol. The number of nitrogens with one attached hydrogen (secondary N) is 2. The van der Waals surface area contributed by atoms with Crippen LogP contribution in [0.1, 0.15) is 29.5 Å². The summed E-state index contributed by atoms with van der Waals surface area (Å²) >= 11 is 0. The van der Waals surface area contributed by atoms with E-state index in [0.29, 0.717) is 22.9 Å². The van der Waals surface area contributed by atoms with Crippen LogP contribution in [0.25, 0.3) is 11.3 Å². The van der Waals surface area contributed by atoms with Crippen molar-refractivity contribution in [3.05, 3.63) is 41.7 Å². The molecule has 2 atom stereocenters. The van der Waals surface area contributed by atoms with Crippen LogP contribution in [-0.2, 0) is 0 Å². The quantitative estimate of drug-likeness (QED) is 0.905. The van der Waals surface area contributed by atoms with E-state index >= 15 is 0 Å². The Hall–Kier alpha value is -1.85. The Balaban J connectivity index is 0.00000192. The summed E-state index contributed by atoms with van der Waals surface area (Å²) in [5.74, 6) is 0.868. The molecule has 3 rings (SSSR count). The first-order valence-corrected chi connectivity index (χ1v) is 7.70. The SMILES string of the molecule is Cc1onc(-c2ccccc2)c1C(=O)NC1CCNCC1C.Cl. The number of rotatable bonds is 3. The number of nitrogens with zero attached hydrogens (tertiary/aromatic N) is 1. The van der Waals surface area contributed by atoms with Gasteiger partial charge in [-0.15, -0.1) is 12.4 Å². The van der Waals surface area contributed by atoms with Crippen molar-refractivity contribution < 1.29 is 9.32 Å². The predicted molar refractivity (Wildman–Crippen MR) is 91.8 cm³/mol. The lowest BCUT2D eigenvalue weighted by Crippen LogP contribution is -2.48. The second-order valence-electron chi connectivity index (χ2n) is 5.88. The molecule has 0 aliphatic carbocycles. The van der Waals surface area contributed by atoms with Gasteiger partial charge in [0.05, 0.1) is 0 Å². The third-order valence-electron chi connectivity index (χ3n) is 4.24. The van der Waals surface area contributed by atoms with Crippen molar-refractivity contribution in [3.63, 3.8) is 0 Å². The Morgan fingerprint density at radius 2 is 2.09 bits per heavy atom. The highest BCUT2D eigenvalue weighted by atomic mass is 35.5. The molecule has 124 valence electrons. The summed E-state index contributed by atoms with van der Waals surface area (Å²) in [5.41, 5.74) is 2.04. The van der Waals surface area contributed by atoms with E-state index in [1.807, 2.05) is 30.3 Å². The molecule has 0 spiro atoms. The van der Waals surface area contributed by atoms with E-state index < -0.39 is 0 Å². The minimum absolute atomic E-state index is 0. The van der Waals surface area contributed by atoms with Gasteiger partial charge in [0.15, 0.2) is 0 Å². The summed E-state index contributed by atoms with van der Waals surface area (Å²) in [4.78, 5) is 12.7. The highest BCUT2D eigenvalue weighted by Gasteiger charge is 2.27. The fourth-order valence-electron chi connectivity index (χ4n) is 2.90. The first kappa shape index (κ1) is 17.5. The summed E-state index contributed by atoms with van der Waals surface area (Å²) < 4.78 is 5.26. The molecule has 1 aromatic heterocycles. The Morgan fingerprint density at radius 1 is 1.35 bits per heavy atom. The van der Waals surface area contributed by atoms with E-state index in [-0.39, 0.29) is 24.4 Å². The minimum atomic E-state index is -0.101. The van der Waals surface area contributed by atoms with Gasteiger partial charge in [-0.1, -0.05) is 42.4 Å². The van der Waals surface area contributed by atoms with Crippen LogP contribution in [0.5, 0.6) is 0 Å². The molecule has 1 aliphatic heterocycles. The smallest absolute Gasteiger partial charge is 0.257 e. The highest BCUT2D eigenvalue weighted by molar-refractivity contribution is 6.00. The van der Waals surface area contributed by atoms with Crippen LogP contribution in [0, 0.1) is 12.8 Å². The summed E-state index contributed by atoms with van der Waals surface area (Å²) in [7, 11) is 0.